The minimum Gasteiger partial charge on any atom is -0.0625 e. The van der Waals surface area contributed by atoms with Gasteiger partial charge in [0, 0.05) is 0 Å². The van der Waals surface area contributed by atoms with E-state index in [2.05, 4.69) is 34.6 Å². The van der Waals surface area contributed by atoms with Gasteiger partial charge in [-0.15, -0.1) is 0 Å². The number of hydrogen-bond acceptors (Lipinski definition) is 0. The van der Waals surface area contributed by atoms with E-state index in [9.17, 15) is 0 Å². The van der Waals surface area contributed by atoms with E-state index in [1.807, 2.05) is 0 Å². The molecule has 1 saturated carbocycles. The van der Waals surface area contributed by atoms with Crippen molar-refractivity contribution in [3.63, 3.8) is 0 Å². The van der Waals surface area contributed by atoms with Crippen molar-refractivity contribution >= 4 is 0 Å². The standard InChI is InChI=1S/C19H38/c1-17-11-15-18(2,3)13-9-7-6-8-10-14-19(4,5)16-12-17/h17H,6-16H2,1-5H3. The first kappa shape index (κ1) is 17.1. The molecule has 0 unspecified atom stereocenters. The normalized spacial score (nSPS) is 27.6. The van der Waals surface area contributed by atoms with Crippen LogP contribution < -0.4 is 0 Å². The zero-order valence-corrected chi connectivity index (χ0v) is 14.4. The summed E-state index contributed by atoms with van der Waals surface area (Å²) in [5, 5.41) is 0. The highest BCUT2D eigenvalue weighted by molar-refractivity contribution is 4.74. The van der Waals surface area contributed by atoms with Crippen molar-refractivity contribution in [3.05, 3.63) is 0 Å². The molecule has 1 rings (SSSR count). The van der Waals surface area contributed by atoms with E-state index in [0.29, 0.717) is 10.8 Å². The van der Waals surface area contributed by atoms with Crippen LogP contribution in [0.25, 0.3) is 0 Å². The van der Waals surface area contributed by atoms with Gasteiger partial charge in [-0.25, -0.2) is 0 Å². The van der Waals surface area contributed by atoms with Gasteiger partial charge in [0.05, 0.1) is 0 Å². The van der Waals surface area contributed by atoms with Crippen molar-refractivity contribution in [1.82, 2.24) is 0 Å². The molecule has 1 aliphatic carbocycles. The second-order valence-corrected chi connectivity index (χ2v) is 8.78. The van der Waals surface area contributed by atoms with E-state index in [1.165, 1.54) is 70.6 Å². The fourth-order valence-electron chi connectivity index (χ4n) is 3.41. The smallest absolute Gasteiger partial charge is 0.0354 e. The maximum atomic E-state index is 2.48. The Labute approximate surface area is 122 Å². The van der Waals surface area contributed by atoms with E-state index in [-0.39, 0.29) is 0 Å². The number of hydrogen-bond donors (Lipinski definition) is 0. The van der Waals surface area contributed by atoms with Crippen molar-refractivity contribution in [2.24, 2.45) is 16.7 Å². The van der Waals surface area contributed by atoms with Gasteiger partial charge in [-0.05, 0) is 42.4 Å². The van der Waals surface area contributed by atoms with Gasteiger partial charge in [-0.3, -0.25) is 0 Å². The molecule has 0 aromatic rings. The summed E-state index contributed by atoms with van der Waals surface area (Å²) in [5.74, 6) is 0.918. The third kappa shape index (κ3) is 8.00. The highest BCUT2D eigenvalue weighted by Crippen LogP contribution is 2.35. The van der Waals surface area contributed by atoms with Crippen molar-refractivity contribution in [1.29, 1.82) is 0 Å². The third-order valence-corrected chi connectivity index (χ3v) is 5.33. The fourth-order valence-corrected chi connectivity index (χ4v) is 3.41. The second kappa shape index (κ2) is 7.70. The lowest BCUT2D eigenvalue weighted by atomic mass is 9.76. The fraction of sp³-hybridized carbons (Fsp3) is 1.00. The molecule has 0 N–H and O–H groups in total. The van der Waals surface area contributed by atoms with Crippen LogP contribution in [0.4, 0.5) is 0 Å². The first-order valence-corrected chi connectivity index (χ1v) is 8.81. The third-order valence-electron chi connectivity index (χ3n) is 5.33. The van der Waals surface area contributed by atoms with Gasteiger partial charge in [0.1, 0.15) is 0 Å². The van der Waals surface area contributed by atoms with Crippen LogP contribution in [0.3, 0.4) is 0 Å². The summed E-state index contributed by atoms with van der Waals surface area (Å²) in [6.45, 7) is 12.4. The van der Waals surface area contributed by atoms with Crippen LogP contribution in [0.2, 0.25) is 0 Å². The molecule has 19 heavy (non-hydrogen) atoms. The van der Waals surface area contributed by atoms with Gasteiger partial charge < -0.3 is 0 Å². The Morgan fingerprint density at radius 2 is 0.947 bits per heavy atom. The van der Waals surface area contributed by atoms with Gasteiger partial charge in [0.15, 0.2) is 0 Å². The van der Waals surface area contributed by atoms with E-state index in [0.717, 1.165) is 5.92 Å². The van der Waals surface area contributed by atoms with Crippen LogP contribution in [0.1, 0.15) is 105 Å². The Morgan fingerprint density at radius 1 is 0.579 bits per heavy atom. The maximum Gasteiger partial charge on any atom is -0.0354 e. The highest BCUT2D eigenvalue weighted by Gasteiger charge is 2.22. The molecule has 0 saturated heterocycles. The highest BCUT2D eigenvalue weighted by atomic mass is 14.3. The van der Waals surface area contributed by atoms with E-state index in [4.69, 9.17) is 0 Å². The SMILES string of the molecule is CC1CCC(C)(C)CCCCCCCC(C)(C)CC1. The molecule has 0 aliphatic heterocycles. The minimum atomic E-state index is 0.577. The average Bonchev–Trinajstić information content (AvgIpc) is 2.32. The summed E-state index contributed by atoms with van der Waals surface area (Å²) < 4.78 is 0. The Morgan fingerprint density at radius 3 is 1.37 bits per heavy atom. The molecular weight excluding hydrogens is 228 g/mol. The monoisotopic (exact) mass is 266 g/mol. The zero-order chi connectivity index (χ0) is 14.4. The molecule has 0 aromatic heterocycles. The van der Waals surface area contributed by atoms with Crippen LogP contribution in [0.15, 0.2) is 0 Å². The average molecular weight is 267 g/mol. The summed E-state index contributed by atoms with van der Waals surface area (Å²) in [5.41, 5.74) is 1.15. The van der Waals surface area contributed by atoms with Gasteiger partial charge >= 0.3 is 0 Å². The predicted molar refractivity (Wildman–Crippen MR) is 87.5 cm³/mol. The molecule has 0 nitrogen and oxygen atoms in total. The molecule has 0 aromatic carbocycles. The first-order chi connectivity index (χ1) is 8.81. The largest absolute Gasteiger partial charge is 0.0625 e. The second-order valence-electron chi connectivity index (χ2n) is 8.78. The lowest BCUT2D eigenvalue weighted by molar-refractivity contribution is 0.229. The lowest BCUT2D eigenvalue weighted by Crippen LogP contribution is -2.16. The Balaban J connectivity index is 2.49. The molecule has 1 aliphatic rings. The lowest BCUT2D eigenvalue weighted by Gasteiger charge is -2.29. The summed E-state index contributed by atoms with van der Waals surface area (Å²) in [7, 11) is 0. The molecule has 0 radical (unpaired) electrons. The molecule has 0 amide bonds. The molecule has 114 valence electrons. The predicted octanol–water partition coefficient (Wildman–Crippen LogP) is 6.98. The van der Waals surface area contributed by atoms with Crippen LogP contribution in [-0.4, -0.2) is 0 Å². The molecule has 0 bridgehead atoms. The summed E-state index contributed by atoms with van der Waals surface area (Å²) in [6, 6.07) is 0. The van der Waals surface area contributed by atoms with Gasteiger partial charge in [-0.1, -0.05) is 79.6 Å². The molecule has 0 atom stereocenters. The quantitative estimate of drug-likeness (QED) is 0.443. The van der Waals surface area contributed by atoms with Crippen molar-refractivity contribution in [2.75, 3.05) is 0 Å². The summed E-state index contributed by atoms with van der Waals surface area (Å²) in [6.07, 6.45) is 15.9. The Kier molecular flexibility index (Phi) is 6.91. The van der Waals surface area contributed by atoms with Gasteiger partial charge in [0.25, 0.3) is 0 Å². The first-order valence-electron chi connectivity index (χ1n) is 8.81. The van der Waals surface area contributed by atoms with Crippen molar-refractivity contribution in [3.8, 4) is 0 Å². The van der Waals surface area contributed by atoms with Crippen molar-refractivity contribution in [2.45, 2.75) is 105 Å². The molecule has 0 heterocycles. The van der Waals surface area contributed by atoms with E-state index in [1.54, 1.807) is 0 Å². The van der Waals surface area contributed by atoms with Crippen LogP contribution in [0, 0.1) is 16.7 Å². The molecule has 0 spiro atoms. The van der Waals surface area contributed by atoms with E-state index < -0.39 is 0 Å². The zero-order valence-electron chi connectivity index (χ0n) is 14.4. The maximum absolute atomic E-state index is 2.48. The number of rotatable bonds is 0. The van der Waals surface area contributed by atoms with E-state index >= 15 is 0 Å². The van der Waals surface area contributed by atoms with Gasteiger partial charge in [-0.2, -0.15) is 0 Å². The summed E-state index contributed by atoms with van der Waals surface area (Å²) in [4.78, 5) is 0. The molecular formula is C19H38. The summed E-state index contributed by atoms with van der Waals surface area (Å²) >= 11 is 0. The molecule has 0 heteroatoms. The Bertz CT molecular complexity index is 212. The van der Waals surface area contributed by atoms with Crippen LogP contribution >= 0.6 is 0 Å². The topological polar surface area (TPSA) is 0 Å². The van der Waals surface area contributed by atoms with Gasteiger partial charge in [0.2, 0.25) is 0 Å². The van der Waals surface area contributed by atoms with Crippen LogP contribution in [-0.2, 0) is 0 Å². The minimum absolute atomic E-state index is 0.577. The van der Waals surface area contributed by atoms with Crippen LogP contribution in [0.5, 0.6) is 0 Å². The molecule has 1 fully saturated rings. The van der Waals surface area contributed by atoms with Crippen molar-refractivity contribution < 1.29 is 0 Å². The Hall–Kier alpha value is 0.